The van der Waals surface area contributed by atoms with E-state index in [1.165, 1.54) is 4.90 Å². The Morgan fingerprint density at radius 1 is 1.24 bits per heavy atom. The summed E-state index contributed by atoms with van der Waals surface area (Å²) in [6.45, 7) is 11.6. The zero-order chi connectivity index (χ0) is 24.2. The lowest BCUT2D eigenvalue weighted by Crippen LogP contribution is -2.30. The monoisotopic (exact) mass is 451 g/mol. The second-order valence-electron chi connectivity index (χ2n) is 10.0. The molecule has 2 aromatic heterocycles. The summed E-state index contributed by atoms with van der Waals surface area (Å²) in [4.78, 5) is 17.5. The fourth-order valence-corrected chi connectivity index (χ4v) is 3.90. The Balaban J connectivity index is 1.62. The third-order valence-electron chi connectivity index (χ3n) is 6.33. The van der Waals surface area contributed by atoms with E-state index in [-0.39, 0.29) is 16.7 Å². The van der Waals surface area contributed by atoms with E-state index in [4.69, 9.17) is 4.52 Å². The molecular formula is C25H33N5O3. The number of carbonyl (C=O) groups is 1. The van der Waals surface area contributed by atoms with Crippen molar-refractivity contribution >= 4 is 23.0 Å². The first kappa shape index (κ1) is 24.3. The van der Waals surface area contributed by atoms with Crippen LogP contribution in [0.5, 0.6) is 0 Å². The van der Waals surface area contributed by atoms with Gasteiger partial charge in [-0.3, -0.25) is 0 Å². The molecule has 3 aromatic rings. The van der Waals surface area contributed by atoms with Crippen molar-refractivity contribution in [2.24, 2.45) is 5.41 Å². The number of carboxylic acid groups (broad SMARTS) is 1. The zero-order valence-electron chi connectivity index (χ0n) is 20.1. The van der Waals surface area contributed by atoms with Crippen LogP contribution in [-0.2, 0) is 12.0 Å². The zero-order valence-corrected chi connectivity index (χ0v) is 20.1. The Bertz CT molecular complexity index is 1150. The lowest BCUT2D eigenvalue weighted by atomic mass is 9.82. The predicted molar refractivity (Wildman–Crippen MR) is 127 cm³/mol. The molecule has 1 amide bonds. The molecule has 2 heterocycles. The summed E-state index contributed by atoms with van der Waals surface area (Å²) in [5, 5.41) is 22.9. The Labute approximate surface area is 194 Å². The van der Waals surface area contributed by atoms with Crippen molar-refractivity contribution in [3.63, 3.8) is 0 Å². The second-order valence-corrected chi connectivity index (χ2v) is 10.0. The molecule has 0 bridgehead atoms. The van der Waals surface area contributed by atoms with Gasteiger partial charge >= 0.3 is 6.09 Å². The number of rotatable bonds is 9. The minimum atomic E-state index is -1.04. The highest BCUT2D eigenvalue weighted by Crippen LogP contribution is 2.32. The third-order valence-corrected chi connectivity index (χ3v) is 6.33. The summed E-state index contributed by atoms with van der Waals surface area (Å²) in [5.74, 6) is 0.267. The molecule has 0 radical (unpaired) electrons. The number of hydrogen-bond donors (Lipinski definition) is 1. The van der Waals surface area contributed by atoms with Gasteiger partial charge < -0.3 is 14.2 Å². The molecule has 1 atom stereocenters. The summed E-state index contributed by atoms with van der Waals surface area (Å²) in [7, 11) is 0. The van der Waals surface area contributed by atoms with Gasteiger partial charge in [0.05, 0.1) is 34.7 Å². The number of nitriles is 1. The Kier molecular flexibility index (Phi) is 7.11. The van der Waals surface area contributed by atoms with Crippen LogP contribution in [0.4, 0.5) is 10.7 Å². The molecule has 0 saturated carbocycles. The van der Waals surface area contributed by atoms with Crippen LogP contribution >= 0.6 is 0 Å². The van der Waals surface area contributed by atoms with E-state index in [1.807, 2.05) is 39.2 Å². The van der Waals surface area contributed by atoms with Gasteiger partial charge in [-0.1, -0.05) is 46.2 Å². The molecule has 0 spiro atoms. The topological polar surface area (TPSA) is 108 Å². The Hall–Kier alpha value is -3.34. The van der Waals surface area contributed by atoms with Gasteiger partial charge in [0.15, 0.2) is 0 Å². The van der Waals surface area contributed by atoms with Crippen LogP contribution in [-0.4, -0.2) is 32.5 Å². The van der Waals surface area contributed by atoms with Gasteiger partial charge in [-0.2, -0.15) is 5.26 Å². The summed E-state index contributed by atoms with van der Waals surface area (Å²) >= 11 is 0. The number of aromatic nitrogens is 3. The van der Waals surface area contributed by atoms with Gasteiger partial charge in [0.1, 0.15) is 0 Å². The van der Waals surface area contributed by atoms with E-state index < -0.39 is 6.09 Å². The summed E-state index contributed by atoms with van der Waals surface area (Å²) in [6.07, 6.45) is 4.31. The average molecular weight is 452 g/mol. The standard InChI is InChI=1S/C25H33N5O3/c1-6-25(5,16-29-17-27-19-10-9-18(15-26)13-20(19)29)11-7-8-12-30(23(31)32)22-14-21(28-33-22)24(2,3)4/h9-10,13-14,17H,6-8,11-12,16H2,1-5H3,(H,31,32). The van der Waals surface area contributed by atoms with E-state index in [0.29, 0.717) is 12.1 Å². The fraction of sp³-hybridized carbons (Fsp3) is 0.520. The normalized spacial score (nSPS) is 13.6. The van der Waals surface area contributed by atoms with Gasteiger partial charge in [0.25, 0.3) is 0 Å². The molecule has 8 heteroatoms. The van der Waals surface area contributed by atoms with E-state index in [2.05, 4.69) is 34.6 Å². The highest BCUT2D eigenvalue weighted by atomic mass is 16.5. The van der Waals surface area contributed by atoms with Gasteiger partial charge in [0.2, 0.25) is 5.88 Å². The number of imidazole rings is 1. The van der Waals surface area contributed by atoms with Crippen molar-refractivity contribution in [2.75, 3.05) is 11.4 Å². The molecule has 0 fully saturated rings. The van der Waals surface area contributed by atoms with Crippen LogP contribution in [0.3, 0.4) is 0 Å². The molecule has 0 saturated heterocycles. The molecule has 33 heavy (non-hydrogen) atoms. The fourth-order valence-electron chi connectivity index (χ4n) is 3.90. The first-order chi connectivity index (χ1) is 15.6. The highest BCUT2D eigenvalue weighted by molar-refractivity contribution is 5.84. The van der Waals surface area contributed by atoms with E-state index in [9.17, 15) is 15.2 Å². The lowest BCUT2D eigenvalue weighted by Gasteiger charge is -2.29. The second kappa shape index (κ2) is 9.65. The molecular weight excluding hydrogens is 418 g/mol. The minimum Gasteiger partial charge on any atom is -0.465 e. The number of fused-ring (bicyclic) bond motifs is 1. The molecule has 1 unspecified atom stereocenters. The van der Waals surface area contributed by atoms with Gasteiger partial charge in [-0.25, -0.2) is 14.7 Å². The molecule has 0 aliphatic rings. The molecule has 1 N–H and O–H groups in total. The van der Waals surface area contributed by atoms with E-state index >= 15 is 0 Å². The largest absolute Gasteiger partial charge is 0.465 e. The van der Waals surface area contributed by atoms with Crippen LogP contribution in [0.15, 0.2) is 35.1 Å². The van der Waals surface area contributed by atoms with E-state index in [1.54, 1.807) is 12.1 Å². The highest BCUT2D eigenvalue weighted by Gasteiger charge is 2.26. The van der Waals surface area contributed by atoms with Crippen molar-refractivity contribution < 1.29 is 14.4 Å². The smallest absolute Gasteiger partial charge is 0.414 e. The molecule has 3 rings (SSSR count). The Morgan fingerprint density at radius 2 is 2.00 bits per heavy atom. The number of anilines is 1. The van der Waals surface area contributed by atoms with Crippen molar-refractivity contribution in [3.8, 4) is 6.07 Å². The number of hydrogen-bond acceptors (Lipinski definition) is 5. The lowest BCUT2D eigenvalue weighted by molar-refractivity contribution is 0.198. The van der Waals surface area contributed by atoms with Gasteiger partial charge in [-0.05, 0) is 42.9 Å². The van der Waals surface area contributed by atoms with Crippen molar-refractivity contribution in [2.45, 2.75) is 72.3 Å². The van der Waals surface area contributed by atoms with Crippen LogP contribution in [0.25, 0.3) is 11.0 Å². The quantitative estimate of drug-likeness (QED) is 0.402. The molecule has 176 valence electrons. The average Bonchev–Trinajstić information content (AvgIpc) is 3.40. The number of benzene rings is 1. The van der Waals surface area contributed by atoms with Crippen LogP contribution in [0.2, 0.25) is 0 Å². The molecule has 0 aliphatic heterocycles. The minimum absolute atomic E-state index is 0.0238. The number of nitrogens with zero attached hydrogens (tertiary/aromatic N) is 5. The maximum atomic E-state index is 11.8. The molecule has 1 aromatic carbocycles. The maximum absolute atomic E-state index is 11.8. The SMILES string of the molecule is CCC(C)(CCCCN(C(=O)O)c1cc(C(C)(C)C)no1)Cn1cnc2ccc(C#N)cc21. The predicted octanol–water partition coefficient (Wildman–Crippen LogP) is 5.96. The van der Waals surface area contributed by atoms with Crippen LogP contribution in [0.1, 0.15) is 71.6 Å². The Morgan fingerprint density at radius 3 is 2.61 bits per heavy atom. The van der Waals surface area contributed by atoms with Crippen molar-refractivity contribution in [1.82, 2.24) is 14.7 Å². The van der Waals surface area contributed by atoms with Gasteiger partial charge in [-0.15, -0.1) is 0 Å². The molecule has 0 aliphatic carbocycles. The molecule has 8 nitrogen and oxygen atoms in total. The van der Waals surface area contributed by atoms with E-state index in [0.717, 1.165) is 49.0 Å². The third kappa shape index (κ3) is 5.72. The van der Waals surface area contributed by atoms with Crippen LogP contribution in [0, 0.1) is 16.7 Å². The van der Waals surface area contributed by atoms with Crippen molar-refractivity contribution in [1.29, 1.82) is 5.26 Å². The number of amides is 1. The van der Waals surface area contributed by atoms with Crippen molar-refractivity contribution in [3.05, 3.63) is 41.9 Å². The summed E-state index contributed by atoms with van der Waals surface area (Å²) in [6, 6.07) is 9.45. The summed E-state index contributed by atoms with van der Waals surface area (Å²) in [5.41, 5.74) is 3.01. The van der Waals surface area contributed by atoms with Crippen LogP contribution < -0.4 is 4.90 Å². The maximum Gasteiger partial charge on any atom is 0.414 e. The first-order valence-electron chi connectivity index (χ1n) is 11.4. The number of unbranched alkanes of at least 4 members (excludes halogenated alkanes) is 1. The summed E-state index contributed by atoms with van der Waals surface area (Å²) < 4.78 is 7.44. The van der Waals surface area contributed by atoms with Gasteiger partial charge in [0, 0.05) is 24.6 Å². The first-order valence-corrected chi connectivity index (χ1v) is 11.4.